The van der Waals surface area contributed by atoms with Crippen molar-refractivity contribution in [1.82, 2.24) is 15.1 Å². The Balaban J connectivity index is 2.25. The smallest absolute Gasteiger partial charge is 0.275 e. The molecule has 1 heterocycles. The number of hydrogen-bond acceptors (Lipinski definition) is 4. The fourth-order valence-corrected chi connectivity index (χ4v) is 2.26. The van der Waals surface area contributed by atoms with E-state index in [2.05, 4.69) is 10.4 Å². The van der Waals surface area contributed by atoms with Gasteiger partial charge in [-0.25, -0.2) is 4.68 Å². The normalized spacial score (nSPS) is 12.3. The van der Waals surface area contributed by atoms with Crippen LogP contribution in [0, 0.1) is 6.92 Å². The van der Waals surface area contributed by atoms with Crippen molar-refractivity contribution < 1.29 is 9.53 Å². The lowest BCUT2D eigenvalue weighted by Gasteiger charge is -2.13. The first-order chi connectivity index (χ1) is 10.0. The van der Waals surface area contributed by atoms with Gasteiger partial charge in [-0.15, -0.1) is 0 Å². The second-order valence-electron chi connectivity index (χ2n) is 5.02. The van der Waals surface area contributed by atoms with Crippen LogP contribution in [0.1, 0.15) is 12.6 Å². The fraction of sp³-hybridized carbons (Fsp3) is 0.400. The molecule has 21 heavy (non-hydrogen) atoms. The molecule has 6 nitrogen and oxygen atoms in total. The highest BCUT2D eigenvalue weighted by Crippen LogP contribution is 2.11. The number of benzene rings is 1. The topological polar surface area (TPSA) is 73.2 Å². The lowest BCUT2D eigenvalue weighted by atomic mass is 10.1. The minimum Gasteiger partial charge on any atom is -0.383 e. The van der Waals surface area contributed by atoms with Gasteiger partial charge in [-0.1, -0.05) is 18.2 Å². The van der Waals surface area contributed by atoms with Gasteiger partial charge in [-0.2, -0.15) is 5.10 Å². The summed E-state index contributed by atoms with van der Waals surface area (Å²) in [6.07, 6.45) is 0. The van der Waals surface area contributed by atoms with Crippen molar-refractivity contribution in [2.75, 3.05) is 13.7 Å². The molecule has 0 unspecified atom stereocenters. The number of hydrogen-bond donors (Lipinski definition) is 1. The van der Waals surface area contributed by atoms with E-state index in [1.807, 2.05) is 26.0 Å². The zero-order valence-corrected chi connectivity index (χ0v) is 12.4. The number of carbonyl (C=O) groups excluding carboxylic acids is 1. The largest absolute Gasteiger partial charge is 0.383 e. The first-order valence-electron chi connectivity index (χ1n) is 6.77. The predicted molar refractivity (Wildman–Crippen MR) is 80.2 cm³/mol. The monoisotopic (exact) mass is 289 g/mol. The summed E-state index contributed by atoms with van der Waals surface area (Å²) in [6, 6.07) is 7.15. The SMILES string of the molecule is COC[C@H](C)NC(=O)Cn1nc(C)c2ccccc2c1=O. The molecule has 0 bridgehead atoms. The molecular formula is C15H19N3O3. The first kappa shape index (κ1) is 15.2. The summed E-state index contributed by atoms with van der Waals surface area (Å²) in [5, 5.41) is 8.35. The average Bonchev–Trinajstić information content (AvgIpc) is 2.44. The van der Waals surface area contributed by atoms with E-state index < -0.39 is 0 Å². The molecule has 0 fully saturated rings. The van der Waals surface area contributed by atoms with Gasteiger partial charge in [0, 0.05) is 18.5 Å². The molecule has 2 rings (SSSR count). The zero-order chi connectivity index (χ0) is 15.4. The van der Waals surface area contributed by atoms with Crippen LogP contribution in [0.3, 0.4) is 0 Å². The molecule has 1 N–H and O–H groups in total. The molecular weight excluding hydrogens is 270 g/mol. The van der Waals surface area contributed by atoms with Crippen LogP contribution in [-0.2, 0) is 16.1 Å². The standard InChI is InChI=1S/C15H19N3O3/c1-10(9-21-3)16-14(19)8-18-15(20)13-7-5-4-6-12(13)11(2)17-18/h4-7,10H,8-9H2,1-3H3,(H,16,19)/t10-/m0/s1. The molecule has 0 saturated heterocycles. The van der Waals surface area contributed by atoms with Crippen LogP contribution < -0.4 is 10.9 Å². The molecule has 1 atom stereocenters. The van der Waals surface area contributed by atoms with Crippen LogP contribution in [0.5, 0.6) is 0 Å². The summed E-state index contributed by atoms with van der Waals surface area (Å²) in [4.78, 5) is 24.3. The third-order valence-corrected chi connectivity index (χ3v) is 3.17. The van der Waals surface area contributed by atoms with Crippen LogP contribution in [0.25, 0.3) is 10.8 Å². The number of ether oxygens (including phenoxy) is 1. The Labute approximate surface area is 122 Å². The third-order valence-electron chi connectivity index (χ3n) is 3.17. The summed E-state index contributed by atoms with van der Waals surface area (Å²) < 4.78 is 6.16. The number of aryl methyl sites for hydroxylation is 1. The van der Waals surface area contributed by atoms with E-state index >= 15 is 0 Å². The Morgan fingerprint density at radius 2 is 2.05 bits per heavy atom. The average molecular weight is 289 g/mol. The third kappa shape index (κ3) is 3.46. The minimum atomic E-state index is -0.260. The van der Waals surface area contributed by atoms with Crippen LogP contribution >= 0.6 is 0 Å². The van der Waals surface area contributed by atoms with E-state index in [-0.39, 0.29) is 24.1 Å². The highest BCUT2D eigenvalue weighted by atomic mass is 16.5. The molecule has 1 aromatic carbocycles. The van der Waals surface area contributed by atoms with E-state index in [1.165, 1.54) is 4.68 Å². The second kappa shape index (κ2) is 6.49. The Morgan fingerprint density at radius 1 is 1.38 bits per heavy atom. The number of nitrogens with one attached hydrogen (secondary N) is 1. The van der Waals surface area contributed by atoms with Gasteiger partial charge in [0.1, 0.15) is 6.54 Å². The second-order valence-corrected chi connectivity index (χ2v) is 5.02. The van der Waals surface area contributed by atoms with Crippen molar-refractivity contribution in [2.45, 2.75) is 26.4 Å². The summed E-state index contributed by atoms with van der Waals surface area (Å²) in [6.45, 7) is 3.98. The Bertz CT molecular complexity index is 709. The van der Waals surface area contributed by atoms with Crippen LogP contribution in [0.4, 0.5) is 0 Å². The molecule has 1 amide bonds. The van der Waals surface area contributed by atoms with Crippen LogP contribution in [0.2, 0.25) is 0 Å². The van der Waals surface area contributed by atoms with E-state index in [1.54, 1.807) is 19.2 Å². The number of nitrogens with zero attached hydrogens (tertiary/aromatic N) is 2. The number of carbonyl (C=O) groups is 1. The molecule has 1 aromatic heterocycles. The Morgan fingerprint density at radius 3 is 2.71 bits per heavy atom. The minimum absolute atomic E-state index is 0.0986. The molecule has 112 valence electrons. The quantitative estimate of drug-likeness (QED) is 0.886. The van der Waals surface area contributed by atoms with Gasteiger partial charge in [0.15, 0.2) is 0 Å². The lowest BCUT2D eigenvalue weighted by Crippen LogP contribution is -2.40. The number of amides is 1. The van der Waals surface area contributed by atoms with Gasteiger partial charge < -0.3 is 10.1 Å². The molecule has 0 aliphatic carbocycles. The van der Waals surface area contributed by atoms with Crippen molar-refractivity contribution in [1.29, 1.82) is 0 Å². The molecule has 6 heteroatoms. The summed E-state index contributed by atoms with van der Waals surface area (Å²) in [7, 11) is 1.57. The van der Waals surface area contributed by atoms with Crippen molar-refractivity contribution in [3.63, 3.8) is 0 Å². The summed E-state index contributed by atoms with van der Waals surface area (Å²) in [5.74, 6) is -0.260. The van der Waals surface area contributed by atoms with E-state index in [0.29, 0.717) is 12.0 Å². The Hall–Kier alpha value is -2.21. The van der Waals surface area contributed by atoms with Gasteiger partial charge in [-0.3, -0.25) is 9.59 Å². The molecule has 0 radical (unpaired) electrons. The van der Waals surface area contributed by atoms with E-state index in [9.17, 15) is 9.59 Å². The fourth-order valence-electron chi connectivity index (χ4n) is 2.26. The van der Waals surface area contributed by atoms with Gasteiger partial charge in [-0.05, 0) is 19.9 Å². The predicted octanol–water partition coefficient (Wildman–Crippen LogP) is 0.856. The maximum absolute atomic E-state index is 12.3. The van der Waals surface area contributed by atoms with Crippen molar-refractivity contribution in [3.05, 3.63) is 40.3 Å². The van der Waals surface area contributed by atoms with Gasteiger partial charge >= 0.3 is 0 Å². The summed E-state index contributed by atoms with van der Waals surface area (Å²) in [5.41, 5.74) is 0.466. The molecule has 0 spiro atoms. The molecule has 0 aliphatic rings. The zero-order valence-electron chi connectivity index (χ0n) is 12.4. The number of aromatic nitrogens is 2. The molecule has 0 saturated carbocycles. The Kier molecular flexibility index (Phi) is 4.70. The number of fused-ring (bicyclic) bond motifs is 1. The van der Waals surface area contributed by atoms with Crippen LogP contribution in [-0.4, -0.2) is 35.4 Å². The van der Waals surface area contributed by atoms with E-state index in [0.717, 1.165) is 11.1 Å². The van der Waals surface area contributed by atoms with Gasteiger partial charge in [0.2, 0.25) is 5.91 Å². The molecule has 0 aliphatic heterocycles. The highest BCUT2D eigenvalue weighted by molar-refractivity contribution is 5.83. The number of methoxy groups -OCH3 is 1. The van der Waals surface area contributed by atoms with Crippen molar-refractivity contribution in [2.24, 2.45) is 0 Å². The van der Waals surface area contributed by atoms with Gasteiger partial charge in [0.05, 0.1) is 17.7 Å². The van der Waals surface area contributed by atoms with Crippen LogP contribution in [0.15, 0.2) is 29.1 Å². The highest BCUT2D eigenvalue weighted by Gasteiger charge is 2.12. The van der Waals surface area contributed by atoms with Crippen molar-refractivity contribution >= 4 is 16.7 Å². The van der Waals surface area contributed by atoms with Crippen molar-refractivity contribution in [3.8, 4) is 0 Å². The summed E-state index contributed by atoms with van der Waals surface area (Å²) >= 11 is 0. The maximum atomic E-state index is 12.3. The molecule has 2 aromatic rings. The number of rotatable bonds is 5. The maximum Gasteiger partial charge on any atom is 0.275 e. The lowest BCUT2D eigenvalue weighted by molar-refractivity contribution is -0.122. The van der Waals surface area contributed by atoms with Gasteiger partial charge in [0.25, 0.3) is 5.56 Å². The first-order valence-corrected chi connectivity index (χ1v) is 6.77. The van der Waals surface area contributed by atoms with E-state index in [4.69, 9.17) is 4.74 Å².